The number of carboxylic acids is 1. The smallest absolute Gasteiger partial charge is 0.341 e. The lowest BCUT2D eigenvalue weighted by molar-refractivity contribution is 0.0694. The van der Waals surface area contributed by atoms with Crippen molar-refractivity contribution < 1.29 is 18.7 Å². The molecule has 0 amide bonds. The molecule has 5 heterocycles. The summed E-state index contributed by atoms with van der Waals surface area (Å²) in [5.41, 5.74) is 13.8. The number of rotatable bonds is 5. The van der Waals surface area contributed by atoms with Crippen LogP contribution in [0.2, 0.25) is 0 Å². The molecule has 0 atom stereocenters. The van der Waals surface area contributed by atoms with Crippen molar-refractivity contribution in [3.8, 4) is 0 Å². The number of nitrogens with two attached hydrogens (primary N) is 2. The number of nitrogens with zero attached hydrogens (tertiary/aromatic N) is 10. The summed E-state index contributed by atoms with van der Waals surface area (Å²) in [5, 5.41) is 27.1. The molecule has 3 aliphatic rings. The molecule has 60 heavy (non-hydrogen) atoms. The number of aromatic carboxylic acids is 1. The molecule has 2 aromatic heterocycles. The lowest BCUT2D eigenvalue weighted by Crippen LogP contribution is -2.55. The number of nitrogens with one attached hydrogen (secondary N) is 2. The minimum atomic E-state index is -1.37. The summed E-state index contributed by atoms with van der Waals surface area (Å²) in [6.45, 7) is 11.6. The molecule has 0 unspecified atom stereocenters. The van der Waals surface area contributed by atoms with Gasteiger partial charge in [0.1, 0.15) is 17.2 Å². The predicted molar refractivity (Wildman–Crippen MR) is 229 cm³/mol. The van der Waals surface area contributed by atoms with Crippen LogP contribution in [0, 0.1) is 29.4 Å². The lowest BCUT2D eigenvalue weighted by atomic mass is 10.1. The molecule has 7 N–H and O–H groups in total. The van der Waals surface area contributed by atoms with E-state index in [0.717, 1.165) is 6.07 Å². The molecule has 0 saturated carbocycles. The lowest BCUT2D eigenvalue weighted by Gasteiger charge is -2.38. The Bertz CT molecular complexity index is 2550. The zero-order chi connectivity index (χ0) is 43.0. The van der Waals surface area contributed by atoms with Gasteiger partial charge in [-0.05, 0) is 45.0 Å². The number of anilines is 2. The van der Waals surface area contributed by atoms with Crippen molar-refractivity contribution in [1.82, 2.24) is 28.7 Å². The van der Waals surface area contributed by atoms with Crippen molar-refractivity contribution in [3.63, 3.8) is 0 Å². The number of piperazine rings is 3. The molecule has 0 radical (unpaired) electrons. The molecule has 18 nitrogen and oxygen atoms in total. The van der Waals surface area contributed by atoms with Gasteiger partial charge in [0.05, 0.1) is 22.4 Å². The largest absolute Gasteiger partial charge is 0.477 e. The van der Waals surface area contributed by atoms with Crippen molar-refractivity contribution >= 4 is 63.0 Å². The number of carbonyl (C=O) groups is 1. The molecule has 3 fully saturated rings. The third kappa shape index (κ3) is 8.00. The highest BCUT2D eigenvalue weighted by atomic mass is 19.1. The highest BCUT2D eigenvalue weighted by Gasteiger charge is 2.27. The number of carboxylic acid groups (broad SMARTS) is 1. The summed E-state index contributed by atoms with van der Waals surface area (Å²) >= 11 is 0. The second kappa shape index (κ2) is 16.9. The van der Waals surface area contributed by atoms with Gasteiger partial charge in [-0.15, -0.1) is 0 Å². The van der Waals surface area contributed by atoms with E-state index >= 15 is 8.78 Å². The number of aliphatic imine (C=N–C) groups is 2. The molecule has 2 aromatic carbocycles. The van der Waals surface area contributed by atoms with Crippen LogP contribution in [0.3, 0.4) is 0 Å². The molecule has 20 heteroatoms. The quantitative estimate of drug-likeness (QED) is 0.143. The second-order valence-corrected chi connectivity index (χ2v) is 15.0. The van der Waals surface area contributed by atoms with Crippen LogP contribution in [0.15, 0.2) is 56.2 Å². The average molecular weight is 829 g/mol. The Labute approximate surface area is 344 Å². The van der Waals surface area contributed by atoms with Crippen LogP contribution in [0.4, 0.5) is 20.2 Å². The van der Waals surface area contributed by atoms with Crippen LogP contribution in [0.5, 0.6) is 0 Å². The van der Waals surface area contributed by atoms with Crippen molar-refractivity contribution in [1.29, 1.82) is 10.8 Å². The number of benzene rings is 2. The Morgan fingerprint density at radius 2 is 1.03 bits per heavy atom. The third-order valence-electron chi connectivity index (χ3n) is 11.6. The van der Waals surface area contributed by atoms with Crippen LogP contribution in [-0.2, 0) is 13.1 Å². The second-order valence-electron chi connectivity index (χ2n) is 15.0. The van der Waals surface area contributed by atoms with Crippen LogP contribution < -0.4 is 32.1 Å². The van der Waals surface area contributed by atoms with E-state index in [9.17, 15) is 19.5 Å². The minimum Gasteiger partial charge on any atom is -0.477 e. The Morgan fingerprint density at radius 1 is 0.650 bits per heavy atom. The van der Waals surface area contributed by atoms with Crippen molar-refractivity contribution in [2.24, 2.45) is 21.5 Å². The molecule has 0 bridgehead atoms. The van der Waals surface area contributed by atoms with Crippen molar-refractivity contribution in [3.05, 3.63) is 79.9 Å². The first-order valence-electron chi connectivity index (χ1n) is 20.0. The highest BCUT2D eigenvalue weighted by molar-refractivity contribution is 5.95. The number of aryl methyl sites for hydroxylation is 3. The molecule has 318 valence electrons. The normalized spacial score (nSPS) is 16.9. The van der Waals surface area contributed by atoms with Gasteiger partial charge >= 0.3 is 5.97 Å². The van der Waals surface area contributed by atoms with E-state index in [4.69, 9.17) is 22.3 Å². The molecular formula is C40H50F2N14O4. The van der Waals surface area contributed by atoms with Gasteiger partial charge in [-0.2, -0.15) is 9.98 Å². The van der Waals surface area contributed by atoms with Gasteiger partial charge in [0.25, 0.3) is 0 Å². The summed E-state index contributed by atoms with van der Waals surface area (Å²) in [6.07, 6.45) is 3.08. The Morgan fingerprint density at radius 3 is 1.43 bits per heavy atom. The van der Waals surface area contributed by atoms with Gasteiger partial charge in [-0.25, -0.2) is 13.6 Å². The summed E-state index contributed by atoms with van der Waals surface area (Å²) in [6, 6.07) is 5.74. The van der Waals surface area contributed by atoms with E-state index in [1.807, 2.05) is 38.0 Å². The fourth-order valence-corrected chi connectivity index (χ4v) is 8.09. The van der Waals surface area contributed by atoms with Crippen molar-refractivity contribution in [2.75, 3.05) is 88.3 Å². The first-order chi connectivity index (χ1) is 28.7. The van der Waals surface area contributed by atoms with Crippen molar-refractivity contribution in [2.45, 2.75) is 33.9 Å². The van der Waals surface area contributed by atoms with Crippen LogP contribution in [-0.4, -0.2) is 142 Å². The van der Waals surface area contributed by atoms with E-state index in [0.29, 0.717) is 119 Å². The maximum Gasteiger partial charge on any atom is 0.341 e. The number of hydrogen-bond acceptors (Lipinski definition) is 7. The summed E-state index contributed by atoms with van der Waals surface area (Å²) in [5.74, 6) is -2.09. The van der Waals surface area contributed by atoms with Gasteiger partial charge in [0.15, 0.2) is 17.3 Å². The van der Waals surface area contributed by atoms with Crippen LogP contribution in [0.25, 0.3) is 21.8 Å². The molecule has 3 saturated heterocycles. The average Bonchev–Trinajstić information content (AvgIpc) is 3.25. The summed E-state index contributed by atoms with van der Waals surface area (Å²) in [7, 11) is 0. The number of fused-ring (bicyclic) bond motifs is 2. The first-order valence-corrected chi connectivity index (χ1v) is 20.0. The number of hydrogen-bond donors (Lipinski definition) is 5. The van der Waals surface area contributed by atoms with E-state index in [-0.39, 0.29) is 40.3 Å². The first kappa shape index (κ1) is 41.4. The number of aromatic nitrogens is 2. The maximum atomic E-state index is 15.4. The Kier molecular flexibility index (Phi) is 11.6. The third-order valence-corrected chi connectivity index (χ3v) is 11.6. The van der Waals surface area contributed by atoms with Crippen LogP contribution >= 0.6 is 0 Å². The molecule has 7 rings (SSSR count). The van der Waals surface area contributed by atoms with Crippen LogP contribution in [0.1, 0.15) is 29.8 Å². The SMILES string of the molecule is CCn1cc(C)c(=O)c2cc(F)c(N3CCN(C(=N)N=C(N)N4CCN(C(N)=NC(=N)N5CCN(c6cc7c(cc6F)c(=O)c(C(=O)O)cn7CC)CC5)CC4)CC3)cc21. The summed E-state index contributed by atoms with van der Waals surface area (Å²) in [4.78, 5) is 56.8. The predicted octanol–water partition coefficient (Wildman–Crippen LogP) is 1.70. The monoisotopic (exact) mass is 828 g/mol. The van der Waals surface area contributed by atoms with E-state index in [1.54, 1.807) is 39.6 Å². The summed E-state index contributed by atoms with van der Waals surface area (Å²) < 4.78 is 34.3. The molecule has 0 aliphatic carbocycles. The molecule has 0 spiro atoms. The standard InChI is InChI=1S/C40H50F2N14O4/c1-4-49-22-24(3)34(57)25-18-28(41)32(20-30(25)49)51-6-10-53(11-7-51)37(43)47-39(45)55-14-16-56(17-15-55)40(46)48-38(44)54-12-8-52(9-13-54)33-21-31-26(19-29(33)42)35(58)27(36(59)60)23-50(31)5-2/h18-23H,4-17H2,1-3H3,(H,59,60)(H3,43,45,47)(H3,44,46,48). The zero-order valence-corrected chi connectivity index (χ0v) is 33.9. The maximum absolute atomic E-state index is 15.4. The topological polar surface area (TPSA) is 225 Å². The fraction of sp³-hybridized carbons (Fsp3) is 0.425. The van der Waals surface area contributed by atoms with Gasteiger partial charge in [0, 0.05) is 120 Å². The fourth-order valence-electron chi connectivity index (χ4n) is 8.09. The number of halogens is 2. The van der Waals surface area contributed by atoms with Gasteiger partial charge < -0.3 is 55.1 Å². The molecular weight excluding hydrogens is 779 g/mol. The van der Waals surface area contributed by atoms with Gasteiger partial charge in [0.2, 0.25) is 17.3 Å². The van der Waals surface area contributed by atoms with Gasteiger partial charge in [-0.3, -0.25) is 20.4 Å². The number of pyridine rings is 2. The number of guanidine groups is 4. The minimum absolute atomic E-state index is 0.00341. The van der Waals surface area contributed by atoms with E-state index in [2.05, 4.69) is 9.98 Å². The molecule has 4 aromatic rings. The molecule has 3 aliphatic heterocycles. The van der Waals surface area contributed by atoms with E-state index in [1.165, 1.54) is 12.3 Å². The van der Waals surface area contributed by atoms with Gasteiger partial charge in [-0.1, -0.05) is 0 Å². The Hall–Kier alpha value is -6.73. The Balaban J connectivity index is 0.900. The van der Waals surface area contributed by atoms with E-state index < -0.39 is 28.6 Å². The highest BCUT2D eigenvalue weighted by Crippen LogP contribution is 2.28. The zero-order valence-electron chi connectivity index (χ0n) is 33.9.